The van der Waals surface area contributed by atoms with Crippen molar-refractivity contribution in [1.29, 1.82) is 0 Å². The van der Waals surface area contributed by atoms with Crippen molar-refractivity contribution in [2.45, 2.75) is 32.4 Å². The van der Waals surface area contributed by atoms with E-state index in [1.807, 2.05) is 62.4 Å². The summed E-state index contributed by atoms with van der Waals surface area (Å²) in [6, 6.07) is 15.1. The van der Waals surface area contributed by atoms with E-state index in [4.69, 9.17) is 0 Å². The van der Waals surface area contributed by atoms with Crippen molar-refractivity contribution in [3.63, 3.8) is 0 Å². The van der Waals surface area contributed by atoms with Crippen LogP contribution in [0.2, 0.25) is 0 Å². The van der Waals surface area contributed by atoms with Crippen LogP contribution in [-0.4, -0.2) is 31.7 Å². The molecule has 0 saturated carbocycles. The number of anilines is 1. The normalized spacial score (nSPS) is 18.2. The lowest BCUT2D eigenvalue weighted by Gasteiger charge is -2.31. The minimum absolute atomic E-state index is 0.0219. The molecular formula is C21H26N2O3S. The molecule has 27 heavy (non-hydrogen) atoms. The molecule has 144 valence electrons. The Balaban J connectivity index is 1.66. The van der Waals surface area contributed by atoms with E-state index in [0.29, 0.717) is 19.4 Å². The average Bonchev–Trinajstić information content (AvgIpc) is 2.65. The van der Waals surface area contributed by atoms with Crippen LogP contribution < -0.4 is 5.32 Å². The van der Waals surface area contributed by atoms with Crippen LogP contribution in [0.15, 0.2) is 48.5 Å². The fraction of sp³-hybridized carbons (Fsp3) is 0.381. The van der Waals surface area contributed by atoms with Crippen molar-refractivity contribution < 1.29 is 13.2 Å². The summed E-state index contributed by atoms with van der Waals surface area (Å²) in [5.41, 5.74) is 3.64. The van der Waals surface area contributed by atoms with E-state index in [0.717, 1.165) is 22.4 Å². The Morgan fingerprint density at radius 2 is 1.81 bits per heavy atom. The van der Waals surface area contributed by atoms with E-state index >= 15 is 0 Å². The van der Waals surface area contributed by atoms with E-state index < -0.39 is 10.0 Å². The minimum atomic E-state index is -3.45. The van der Waals surface area contributed by atoms with Gasteiger partial charge in [-0.2, -0.15) is 0 Å². The SMILES string of the molecule is Cc1ccc(NC(=O)[C@@H]2CCCN(S(=O)(=O)Cc3ccccc3C)C2)cc1. The van der Waals surface area contributed by atoms with Crippen LogP contribution in [0.4, 0.5) is 5.69 Å². The summed E-state index contributed by atoms with van der Waals surface area (Å²) < 4.78 is 27.2. The van der Waals surface area contributed by atoms with E-state index in [1.165, 1.54) is 4.31 Å². The smallest absolute Gasteiger partial charge is 0.228 e. The highest BCUT2D eigenvalue weighted by Crippen LogP contribution is 2.23. The van der Waals surface area contributed by atoms with Crippen molar-refractivity contribution in [2.75, 3.05) is 18.4 Å². The Morgan fingerprint density at radius 3 is 2.52 bits per heavy atom. The van der Waals surface area contributed by atoms with E-state index in [1.54, 1.807) is 0 Å². The molecule has 0 aliphatic carbocycles. The highest BCUT2D eigenvalue weighted by atomic mass is 32.2. The molecule has 1 N–H and O–H groups in total. The molecule has 1 aliphatic heterocycles. The molecule has 3 rings (SSSR count). The number of carbonyl (C=O) groups excluding carboxylic acids is 1. The van der Waals surface area contributed by atoms with Gasteiger partial charge in [0, 0.05) is 18.8 Å². The Labute approximate surface area is 161 Å². The second-order valence-electron chi connectivity index (χ2n) is 7.24. The largest absolute Gasteiger partial charge is 0.326 e. The lowest BCUT2D eigenvalue weighted by molar-refractivity contribution is -0.120. The van der Waals surface area contributed by atoms with E-state index in [9.17, 15) is 13.2 Å². The highest BCUT2D eigenvalue weighted by molar-refractivity contribution is 7.88. The standard InChI is InChI=1S/C21H26N2O3S/c1-16-9-11-20(12-10-16)22-21(24)18-8-5-13-23(14-18)27(25,26)15-19-7-4-3-6-17(19)2/h3-4,6-7,9-12,18H,5,8,13-15H2,1-2H3,(H,22,24)/t18-/m1/s1. The number of hydrogen-bond acceptors (Lipinski definition) is 3. The van der Waals surface area contributed by atoms with Crippen molar-refractivity contribution >= 4 is 21.6 Å². The predicted octanol–water partition coefficient (Wildman–Crippen LogP) is 3.48. The first-order valence-electron chi connectivity index (χ1n) is 9.25. The number of amides is 1. The number of rotatable bonds is 5. The number of hydrogen-bond donors (Lipinski definition) is 1. The molecule has 1 saturated heterocycles. The lowest BCUT2D eigenvalue weighted by Crippen LogP contribution is -2.44. The van der Waals surface area contributed by atoms with E-state index in [-0.39, 0.29) is 24.1 Å². The topological polar surface area (TPSA) is 66.5 Å². The molecule has 1 heterocycles. The van der Waals surface area contributed by atoms with Crippen LogP contribution in [0, 0.1) is 19.8 Å². The number of benzene rings is 2. The number of carbonyl (C=O) groups is 1. The van der Waals surface area contributed by atoms with Crippen molar-refractivity contribution in [3.8, 4) is 0 Å². The average molecular weight is 387 g/mol. The molecule has 1 atom stereocenters. The summed E-state index contributed by atoms with van der Waals surface area (Å²) in [5.74, 6) is -0.465. The fourth-order valence-corrected chi connectivity index (χ4v) is 5.06. The van der Waals surface area contributed by atoms with Gasteiger partial charge in [-0.25, -0.2) is 12.7 Å². The number of piperidine rings is 1. The van der Waals surface area contributed by atoms with Crippen LogP contribution >= 0.6 is 0 Å². The molecule has 1 fully saturated rings. The van der Waals surface area contributed by atoms with Crippen molar-refractivity contribution in [3.05, 3.63) is 65.2 Å². The molecule has 2 aromatic rings. The first kappa shape index (κ1) is 19.6. The van der Waals surface area contributed by atoms with E-state index in [2.05, 4.69) is 5.32 Å². The predicted molar refractivity (Wildman–Crippen MR) is 108 cm³/mol. The molecule has 2 aromatic carbocycles. The summed E-state index contributed by atoms with van der Waals surface area (Å²) in [7, 11) is -3.45. The summed E-state index contributed by atoms with van der Waals surface area (Å²) >= 11 is 0. The maximum Gasteiger partial charge on any atom is 0.228 e. The van der Waals surface area contributed by atoms with Gasteiger partial charge in [0.15, 0.2) is 0 Å². The summed E-state index contributed by atoms with van der Waals surface area (Å²) in [5, 5.41) is 2.91. The molecule has 0 unspecified atom stereocenters. The zero-order chi connectivity index (χ0) is 19.4. The maximum absolute atomic E-state index is 12.9. The summed E-state index contributed by atoms with van der Waals surface area (Å²) in [6.07, 6.45) is 1.40. The van der Waals surface area contributed by atoms with Gasteiger partial charge in [-0.15, -0.1) is 0 Å². The number of nitrogens with zero attached hydrogens (tertiary/aromatic N) is 1. The fourth-order valence-electron chi connectivity index (χ4n) is 3.35. The zero-order valence-electron chi connectivity index (χ0n) is 15.8. The lowest BCUT2D eigenvalue weighted by atomic mass is 9.98. The molecule has 0 radical (unpaired) electrons. The molecule has 0 aromatic heterocycles. The molecule has 1 aliphatic rings. The Bertz CT molecular complexity index is 907. The second-order valence-corrected chi connectivity index (χ2v) is 9.20. The highest BCUT2D eigenvalue weighted by Gasteiger charge is 2.32. The first-order chi connectivity index (χ1) is 12.8. The molecule has 5 nitrogen and oxygen atoms in total. The third-order valence-electron chi connectivity index (χ3n) is 5.07. The van der Waals surface area contributed by atoms with Gasteiger partial charge < -0.3 is 5.32 Å². The quantitative estimate of drug-likeness (QED) is 0.855. The van der Waals surface area contributed by atoms with Crippen LogP contribution in [0.1, 0.15) is 29.5 Å². The van der Waals surface area contributed by atoms with Gasteiger partial charge in [-0.1, -0.05) is 42.0 Å². The third kappa shape index (κ3) is 4.96. The summed E-state index contributed by atoms with van der Waals surface area (Å²) in [4.78, 5) is 12.6. The first-order valence-corrected chi connectivity index (χ1v) is 10.9. The molecule has 0 bridgehead atoms. The molecule has 1 amide bonds. The summed E-state index contributed by atoms with van der Waals surface area (Å²) in [6.45, 7) is 4.62. The maximum atomic E-state index is 12.9. The van der Waals surface area contributed by atoms with Crippen LogP contribution in [0.25, 0.3) is 0 Å². The molecule has 6 heteroatoms. The number of sulfonamides is 1. The van der Waals surface area contributed by atoms with Crippen LogP contribution in [-0.2, 0) is 20.6 Å². The Kier molecular flexibility index (Phi) is 5.97. The van der Waals surface area contributed by atoms with Gasteiger partial charge in [-0.05, 0) is 49.9 Å². The third-order valence-corrected chi connectivity index (χ3v) is 6.86. The van der Waals surface area contributed by atoms with Gasteiger partial charge >= 0.3 is 0 Å². The van der Waals surface area contributed by atoms with Gasteiger partial charge in [0.05, 0.1) is 11.7 Å². The number of nitrogens with one attached hydrogen (secondary N) is 1. The van der Waals surface area contributed by atoms with Crippen LogP contribution in [0.5, 0.6) is 0 Å². The van der Waals surface area contributed by atoms with Gasteiger partial charge in [-0.3, -0.25) is 4.79 Å². The van der Waals surface area contributed by atoms with Crippen molar-refractivity contribution in [1.82, 2.24) is 4.31 Å². The van der Waals surface area contributed by atoms with Crippen LogP contribution in [0.3, 0.4) is 0 Å². The Morgan fingerprint density at radius 1 is 1.11 bits per heavy atom. The zero-order valence-corrected chi connectivity index (χ0v) is 16.6. The minimum Gasteiger partial charge on any atom is -0.326 e. The number of aryl methyl sites for hydroxylation is 2. The molecular weight excluding hydrogens is 360 g/mol. The van der Waals surface area contributed by atoms with Crippen molar-refractivity contribution in [2.24, 2.45) is 5.92 Å². The Hall–Kier alpha value is -2.18. The molecule has 0 spiro atoms. The second kappa shape index (κ2) is 8.23. The monoisotopic (exact) mass is 386 g/mol. The van der Waals surface area contributed by atoms with Gasteiger partial charge in [0.2, 0.25) is 15.9 Å². The van der Waals surface area contributed by atoms with Gasteiger partial charge in [0.25, 0.3) is 0 Å². The van der Waals surface area contributed by atoms with Gasteiger partial charge in [0.1, 0.15) is 0 Å².